The molecule has 17 N–H and O–H groups in total. The molecule has 2 aromatic rings. The normalized spacial score (nSPS) is 15.3. The van der Waals surface area contributed by atoms with E-state index in [2.05, 4.69) is 41.9 Å². The summed E-state index contributed by atoms with van der Waals surface area (Å²) >= 11 is 0. The average molecular weight is 918 g/mol. The highest BCUT2D eigenvalue weighted by Gasteiger charge is 2.37. The van der Waals surface area contributed by atoms with Crippen molar-refractivity contribution in [1.29, 1.82) is 0 Å². The monoisotopic (exact) mass is 917 g/mol. The van der Waals surface area contributed by atoms with E-state index >= 15 is 0 Å². The van der Waals surface area contributed by atoms with E-state index in [-0.39, 0.29) is 50.5 Å². The van der Waals surface area contributed by atoms with E-state index < -0.39 is 121 Å². The number of nitrogens with two attached hydrogens (primary N) is 3. The zero-order valence-electron chi connectivity index (χ0n) is 37.0. The fourth-order valence-corrected chi connectivity index (χ4v) is 6.53. The Morgan fingerprint density at radius 1 is 0.692 bits per heavy atom. The molecule has 24 nitrogen and oxygen atoms in total. The van der Waals surface area contributed by atoms with Crippen LogP contribution in [0.25, 0.3) is 10.9 Å². The minimum atomic E-state index is -1.94. The number of aromatic amines is 1. The van der Waals surface area contributed by atoms with Gasteiger partial charge in [-0.05, 0) is 49.7 Å². The molecular formula is C41H63N11O13. The lowest BCUT2D eigenvalue weighted by molar-refractivity contribution is -0.143. The number of para-hydroxylation sites is 1. The largest absolute Gasteiger partial charge is 0.481 e. The molecule has 24 heteroatoms. The van der Waals surface area contributed by atoms with Gasteiger partial charge in [-0.25, -0.2) is 4.79 Å². The first-order chi connectivity index (χ1) is 30.4. The van der Waals surface area contributed by atoms with Gasteiger partial charge in [0.2, 0.25) is 35.4 Å². The molecule has 0 bridgehead atoms. The molecule has 0 fully saturated rings. The number of aromatic nitrogens is 1. The number of hydrogen-bond donors (Lipinski definition) is 14. The van der Waals surface area contributed by atoms with Crippen LogP contribution in [0.3, 0.4) is 0 Å². The van der Waals surface area contributed by atoms with Crippen molar-refractivity contribution in [1.82, 2.24) is 36.9 Å². The highest BCUT2D eigenvalue weighted by Crippen LogP contribution is 2.20. The Morgan fingerprint density at radius 2 is 1.20 bits per heavy atom. The third kappa shape index (κ3) is 18.1. The lowest BCUT2D eigenvalue weighted by atomic mass is 9.97. The molecule has 0 aliphatic heterocycles. The van der Waals surface area contributed by atoms with E-state index in [1.807, 2.05) is 0 Å². The van der Waals surface area contributed by atoms with E-state index in [1.54, 1.807) is 51.2 Å². The van der Waals surface area contributed by atoms with Gasteiger partial charge in [-0.1, -0.05) is 52.3 Å². The number of hydrogen-bond acceptors (Lipinski definition) is 12. The number of nitrogens with zero attached hydrogens (tertiary/aromatic N) is 1. The molecule has 1 aromatic heterocycles. The summed E-state index contributed by atoms with van der Waals surface area (Å²) in [5, 5.41) is 54.5. The molecule has 0 aliphatic carbocycles. The van der Waals surface area contributed by atoms with Gasteiger partial charge < -0.3 is 74.5 Å². The highest BCUT2D eigenvalue weighted by molar-refractivity contribution is 5.99. The van der Waals surface area contributed by atoms with E-state index in [0.29, 0.717) is 16.5 Å². The molecule has 0 aliphatic rings. The number of carbonyl (C=O) groups excluding carboxylic acids is 6. The molecule has 0 saturated heterocycles. The summed E-state index contributed by atoms with van der Waals surface area (Å²) in [5.41, 5.74) is 17.7. The minimum absolute atomic E-state index is 0.0529. The van der Waals surface area contributed by atoms with Gasteiger partial charge in [-0.2, -0.15) is 0 Å². The standard InChI is InChI=1S/C41H63N11O13/c1-6-20(4)32(51-36(60)27(16-30(54)55)47-34(58)24(42)11-9-13-45-41(43)44)38(62)49-28(17-31(56)57)37(61)52-33(21(5)53)39(63)48-26(35(59)50-29(40(64)65)14-19(2)3)15-22-18-46-25-12-8-7-10-23(22)25/h7-8,10,12,18-21,24,26-29,32-33,46,53H,6,9,11,13-17,42H2,1-5H3,(H,47,58)(H,48,63)(H,49,62)(H,50,59)(H,51,60)(H,52,61)(H,54,55)(H,56,57)(H,64,65)(H4,43,44,45)/t20-,21+,24-,26-,27-,28-,29-,32-,33-/m0/s1. The summed E-state index contributed by atoms with van der Waals surface area (Å²) < 4.78 is 0. The van der Waals surface area contributed by atoms with E-state index in [4.69, 9.17) is 17.2 Å². The number of benzene rings is 1. The molecule has 2 rings (SSSR count). The van der Waals surface area contributed by atoms with Crippen LogP contribution in [0.4, 0.5) is 0 Å². The Balaban J connectivity index is 2.36. The first-order valence-electron chi connectivity index (χ1n) is 21.0. The number of aliphatic imine (C=N–C) groups is 1. The van der Waals surface area contributed by atoms with Gasteiger partial charge >= 0.3 is 17.9 Å². The summed E-state index contributed by atoms with van der Waals surface area (Å²) in [6, 6.07) is -4.04. The number of carboxylic acid groups (broad SMARTS) is 3. The van der Waals surface area contributed by atoms with Crippen LogP contribution in [-0.4, -0.2) is 140 Å². The molecule has 6 amide bonds. The SMILES string of the molecule is CC[C@H](C)[C@H](NC(=O)[C@H](CC(=O)O)NC(=O)[C@@H](N)CCCN=C(N)N)C(=O)N[C@@H](CC(=O)O)C(=O)N[C@H](C(=O)N[C@@H](Cc1c[nH]c2ccccc12)C(=O)N[C@@H](CC(C)C)C(=O)O)[C@@H](C)O. The zero-order valence-corrected chi connectivity index (χ0v) is 37.0. The lowest BCUT2D eigenvalue weighted by Crippen LogP contribution is -2.62. The lowest BCUT2D eigenvalue weighted by Gasteiger charge is -2.29. The van der Waals surface area contributed by atoms with Crippen molar-refractivity contribution in [2.75, 3.05) is 6.54 Å². The molecule has 0 spiro atoms. The van der Waals surface area contributed by atoms with Crippen LogP contribution in [0.15, 0.2) is 35.5 Å². The maximum absolute atomic E-state index is 13.9. The minimum Gasteiger partial charge on any atom is -0.481 e. The van der Waals surface area contributed by atoms with Crippen molar-refractivity contribution < 1.29 is 63.6 Å². The van der Waals surface area contributed by atoms with E-state index in [1.165, 1.54) is 6.92 Å². The Bertz CT molecular complexity index is 2040. The Hall–Kier alpha value is -6.82. The molecule has 1 aromatic carbocycles. The fraction of sp³-hybridized carbons (Fsp3) is 0.561. The topological polar surface area (TPSA) is 413 Å². The van der Waals surface area contributed by atoms with E-state index in [9.17, 15) is 63.6 Å². The number of fused-ring (bicyclic) bond motifs is 1. The number of aliphatic carboxylic acids is 3. The van der Waals surface area contributed by atoms with Crippen LogP contribution in [0.5, 0.6) is 0 Å². The van der Waals surface area contributed by atoms with Crippen LogP contribution in [0.2, 0.25) is 0 Å². The predicted molar refractivity (Wildman–Crippen MR) is 234 cm³/mol. The van der Waals surface area contributed by atoms with Gasteiger partial charge in [-0.3, -0.25) is 43.3 Å². The Labute approximate surface area is 374 Å². The van der Waals surface area contributed by atoms with Gasteiger partial charge in [0.15, 0.2) is 5.96 Å². The second-order valence-corrected chi connectivity index (χ2v) is 16.1. The maximum Gasteiger partial charge on any atom is 0.326 e. The van der Waals surface area contributed by atoms with Crippen LogP contribution < -0.4 is 49.1 Å². The smallest absolute Gasteiger partial charge is 0.326 e. The van der Waals surface area contributed by atoms with Crippen LogP contribution >= 0.6 is 0 Å². The van der Waals surface area contributed by atoms with Crippen molar-refractivity contribution in [3.63, 3.8) is 0 Å². The highest BCUT2D eigenvalue weighted by atomic mass is 16.4. The third-order valence-electron chi connectivity index (χ3n) is 10.2. The summed E-state index contributed by atoms with van der Waals surface area (Å²) in [6.45, 7) is 7.93. The van der Waals surface area contributed by atoms with Gasteiger partial charge in [0.05, 0.1) is 25.0 Å². The zero-order chi connectivity index (χ0) is 49.1. The second kappa shape index (κ2) is 26.1. The van der Waals surface area contributed by atoms with Crippen LogP contribution in [-0.2, 0) is 49.6 Å². The van der Waals surface area contributed by atoms with Crippen molar-refractivity contribution in [2.24, 2.45) is 34.0 Å². The van der Waals surface area contributed by atoms with Gasteiger partial charge in [0.25, 0.3) is 0 Å². The molecule has 0 unspecified atom stereocenters. The van der Waals surface area contributed by atoms with Gasteiger partial charge in [0.1, 0.15) is 36.3 Å². The number of nitrogens with one attached hydrogen (secondary N) is 7. The van der Waals surface area contributed by atoms with Crippen molar-refractivity contribution in [3.8, 4) is 0 Å². The average Bonchev–Trinajstić information content (AvgIpc) is 3.63. The number of aliphatic hydroxyl groups excluding tert-OH is 1. The molecule has 360 valence electrons. The summed E-state index contributed by atoms with van der Waals surface area (Å²) in [6.07, 6.45) is -1.68. The Kier molecular flexibility index (Phi) is 21.8. The number of H-pyrrole nitrogens is 1. The number of carboxylic acids is 3. The van der Waals surface area contributed by atoms with Gasteiger partial charge in [-0.15, -0.1) is 0 Å². The fourth-order valence-electron chi connectivity index (χ4n) is 6.53. The summed E-state index contributed by atoms with van der Waals surface area (Å²) in [5.74, 6) is -11.9. The first-order valence-corrected chi connectivity index (χ1v) is 21.0. The second-order valence-electron chi connectivity index (χ2n) is 16.1. The predicted octanol–water partition coefficient (Wildman–Crippen LogP) is -2.49. The molecule has 9 atom stereocenters. The van der Waals surface area contributed by atoms with Crippen molar-refractivity contribution in [3.05, 3.63) is 36.0 Å². The summed E-state index contributed by atoms with van der Waals surface area (Å²) in [7, 11) is 0. The first kappa shape index (κ1) is 54.3. The van der Waals surface area contributed by atoms with Crippen LogP contribution in [0, 0.1) is 11.8 Å². The molecule has 0 radical (unpaired) electrons. The van der Waals surface area contributed by atoms with Gasteiger partial charge in [0, 0.05) is 30.1 Å². The number of guanidine groups is 1. The van der Waals surface area contributed by atoms with Crippen molar-refractivity contribution >= 4 is 70.2 Å². The number of carbonyl (C=O) groups is 9. The maximum atomic E-state index is 13.9. The van der Waals surface area contributed by atoms with Crippen molar-refractivity contribution in [2.45, 2.75) is 128 Å². The quantitative estimate of drug-likeness (QED) is 0.0238. The third-order valence-corrected chi connectivity index (χ3v) is 10.2. The van der Waals surface area contributed by atoms with Crippen LogP contribution in [0.1, 0.15) is 78.7 Å². The molecule has 1 heterocycles. The molecule has 65 heavy (non-hydrogen) atoms. The molecular weight excluding hydrogens is 855 g/mol. The summed E-state index contributed by atoms with van der Waals surface area (Å²) in [4.78, 5) is 124. The Morgan fingerprint density at radius 3 is 1.72 bits per heavy atom. The number of rotatable bonds is 28. The molecule has 0 saturated carbocycles. The number of amides is 6. The van der Waals surface area contributed by atoms with E-state index in [0.717, 1.165) is 6.92 Å². The number of aliphatic hydroxyl groups is 1.